The van der Waals surface area contributed by atoms with E-state index in [0.717, 1.165) is 5.56 Å². The molecule has 0 unspecified atom stereocenters. The van der Waals surface area contributed by atoms with Gasteiger partial charge in [-0.25, -0.2) is 0 Å². The molecule has 0 bridgehead atoms. The minimum absolute atomic E-state index is 0. The van der Waals surface area contributed by atoms with Crippen molar-refractivity contribution in [3.8, 4) is 17.2 Å². The molecule has 0 saturated carbocycles. The Bertz CT molecular complexity index is 476. The van der Waals surface area contributed by atoms with E-state index >= 15 is 0 Å². The predicted molar refractivity (Wildman–Crippen MR) is 88.3 cm³/mol. The third-order valence-corrected chi connectivity index (χ3v) is 2.83. The number of nitrogens with one attached hydrogen (secondary N) is 1. The Hall–Kier alpha value is -1.66. The number of hydrogen-bond acceptors (Lipinski definition) is 5. The molecule has 0 aliphatic heterocycles. The summed E-state index contributed by atoms with van der Waals surface area (Å²) in [6, 6.07) is 3.52. The van der Waals surface area contributed by atoms with Crippen LogP contribution in [0.3, 0.4) is 0 Å². The van der Waals surface area contributed by atoms with E-state index in [1.165, 1.54) is 21.3 Å². The van der Waals surface area contributed by atoms with Crippen molar-refractivity contribution in [3.05, 3.63) is 17.7 Å². The molecule has 0 spiro atoms. The molecule has 6 nitrogen and oxygen atoms in total. The van der Waals surface area contributed by atoms with Crippen molar-refractivity contribution in [1.82, 2.24) is 5.32 Å². The van der Waals surface area contributed by atoms with Gasteiger partial charge >= 0.3 is 0 Å². The van der Waals surface area contributed by atoms with Gasteiger partial charge in [-0.15, -0.1) is 12.4 Å². The number of carbonyl (C=O) groups excluding carboxylic acids is 1. The first-order chi connectivity index (χ1) is 9.80. The highest BCUT2D eigenvalue weighted by molar-refractivity contribution is 5.85. The second-order valence-electron chi connectivity index (χ2n) is 5.48. The van der Waals surface area contributed by atoms with Crippen LogP contribution in [0.1, 0.15) is 19.4 Å². The molecule has 1 aromatic carbocycles. The maximum absolute atomic E-state index is 11.9. The summed E-state index contributed by atoms with van der Waals surface area (Å²) >= 11 is 0. The van der Waals surface area contributed by atoms with E-state index in [2.05, 4.69) is 5.32 Å². The Morgan fingerprint density at radius 1 is 1.14 bits per heavy atom. The first kappa shape index (κ1) is 20.3. The number of nitrogens with two attached hydrogens (primary N) is 1. The second-order valence-corrected chi connectivity index (χ2v) is 5.48. The highest BCUT2D eigenvalue weighted by Crippen LogP contribution is 2.38. The molecule has 0 aliphatic rings. The van der Waals surface area contributed by atoms with Crippen LogP contribution in [0.2, 0.25) is 0 Å². The summed E-state index contributed by atoms with van der Waals surface area (Å²) in [5.41, 5.74) is 6.17. The Labute approximate surface area is 137 Å². The fraction of sp³-hybridized carbons (Fsp3) is 0.533. The summed E-state index contributed by atoms with van der Waals surface area (Å²) in [6.07, 6.45) is 0.215. The van der Waals surface area contributed by atoms with E-state index in [1.54, 1.807) is 12.1 Å². The Balaban J connectivity index is 0.00000441. The maximum atomic E-state index is 11.9. The fourth-order valence-corrected chi connectivity index (χ4v) is 1.81. The van der Waals surface area contributed by atoms with Gasteiger partial charge in [0.1, 0.15) is 0 Å². The summed E-state index contributed by atoms with van der Waals surface area (Å²) in [5, 5.41) is 2.80. The van der Waals surface area contributed by atoms with Crippen LogP contribution >= 0.6 is 12.4 Å². The normalized spacial score (nSPS) is 10.5. The van der Waals surface area contributed by atoms with Crippen LogP contribution in [0.25, 0.3) is 0 Å². The summed E-state index contributed by atoms with van der Waals surface area (Å²) in [4.78, 5) is 11.9. The Morgan fingerprint density at radius 3 is 2.00 bits per heavy atom. The molecule has 0 fully saturated rings. The molecular formula is C15H25ClN2O4. The van der Waals surface area contributed by atoms with Gasteiger partial charge in [-0.1, -0.05) is 0 Å². The zero-order valence-corrected chi connectivity index (χ0v) is 14.5. The highest BCUT2D eigenvalue weighted by Gasteiger charge is 2.16. The van der Waals surface area contributed by atoms with Gasteiger partial charge in [-0.3, -0.25) is 4.79 Å². The minimum Gasteiger partial charge on any atom is -0.493 e. The number of halogens is 1. The van der Waals surface area contributed by atoms with Crippen LogP contribution in [-0.4, -0.2) is 39.3 Å². The molecule has 3 N–H and O–H groups in total. The number of amides is 1. The number of carbonyl (C=O) groups is 1. The molecule has 0 aliphatic carbocycles. The molecule has 1 amide bonds. The van der Waals surface area contributed by atoms with Crippen LogP contribution in [-0.2, 0) is 11.2 Å². The number of ether oxygens (including phenoxy) is 3. The third-order valence-electron chi connectivity index (χ3n) is 2.83. The molecule has 22 heavy (non-hydrogen) atoms. The first-order valence-corrected chi connectivity index (χ1v) is 6.65. The standard InChI is InChI=1S/C15H24N2O4.ClH/c1-15(2,16)9-17-13(18)8-10-6-11(19-3)14(21-5)12(7-10)20-4;/h6-7H,8-9,16H2,1-5H3,(H,17,18);1H. The summed E-state index contributed by atoms with van der Waals surface area (Å²) in [5.74, 6) is 1.45. The second kappa shape index (κ2) is 8.70. The van der Waals surface area contributed by atoms with Crippen molar-refractivity contribution in [1.29, 1.82) is 0 Å². The van der Waals surface area contributed by atoms with Crippen molar-refractivity contribution < 1.29 is 19.0 Å². The average molecular weight is 333 g/mol. The van der Waals surface area contributed by atoms with Crippen molar-refractivity contribution in [2.75, 3.05) is 27.9 Å². The molecule has 0 atom stereocenters. The van der Waals surface area contributed by atoms with Gasteiger partial charge in [0.2, 0.25) is 11.7 Å². The van der Waals surface area contributed by atoms with Crippen LogP contribution in [0.4, 0.5) is 0 Å². The van der Waals surface area contributed by atoms with Gasteiger partial charge in [-0.2, -0.15) is 0 Å². The van der Waals surface area contributed by atoms with E-state index in [0.29, 0.717) is 23.8 Å². The van der Waals surface area contributed by atoms with Crippen molar-refractivity contribution >= 4 is 18.3 Å². The SMILES string of the molecule is COc1cc(CC(=O)NCC(C)(C)N)cc(OC)c1OC.Cl. The Kier molecular flexibility index (Phi) is 8.05. The fourth-order valence-electron chi connectivity index (χ4n) is 1.81. The van der Waals surface area contributed by atoms with Gasteiger partial charge in [0.25, 0.3) is 0 Å². The number of hydrogen-bond donors (Lipinski definition) is 2. The van der Waals surface area contributed by atoms with Gasteiger partial charge in [0.05, 0.1) is 27.8 Å². The topological polar surface area (TPSA) is 82.8 Å². The molecule has 1 rings (SSSR count). The van der Waals surface area contributed by atoms with Crippen LogP contribution in [0.15, 0.2) is 12.1 Å². The summed E-state index contributed by atoms with van der Waals surface area (Å²) in [6.45, 7) is 4.12. The van der Waals surface area contributed by atoms with Crippen molar-refractivity contribution in [3.63, 3.8) is 0 Å². The Morgan fingerprint density at radius 2 is 1.64 bits per heavy atom. The van der Waals surface area contributed by atoms with E-state index < -0.39 is 5.54 Å². The largest absolute Gasteiger partial charge is 0.493 e. The van der Waals surface area contributed by atoms with E-state index in [9.17, 15) is 4.79 Å². The van der Waals surface area contributed by atoms with E-state index in [4.69, 9.17) is 19.9 Å². The lowest BCUT2D eigenvalue weighted by atomic mass is 10.1. The number of rotatable bonds is 7. The molecule has 0 aromatic heterocycles. The molecule has 0 heterocycles. The lowest BCUT2D eigenvalue weighted by Crippen LogP contribution is -2.45. The molecule has 126 valence electrons. The van der Waals surface area contributed by atoms with E-state index in [-0.39, 0.29) is 24.7 Å². The number of methoxy groups -OCH3 is 3. The van der Waals surface area contributed by atoms with Crippen molar-refractivity contribution in [2.45, 2.75) is 25.8 Å². The molecule has 0 radical (unpaired) electrons. The minimum atomic E-state index is -0.440. The summed E-state index contributed by atoms with van der Waals surface area (Å²) in [7, 11) is 4.62. The van der Waals surface area contributed by atoms with Crippen molar-refractivity contribution in [2.24, 2.45) is 5.73 Å². The zero-order valence-electron chi connectivity index (χ0n) is 13.7. The number of benzene rings is 1. The third kappa shape index (κ3) is 5.99. The first-order valence-electron chi connectivity index (χ1n) is 6.65. The maximum Gasteiger partial charge on any atom is 0.224 e. The lowest BCUT2D eigenvalue weighted by Gasteiger charge is -2.19. The monoisotopic (exact) mass is 332 g/mol. The smallest absolute Gasteiger partial charge is 0.224 e. The zero-order chi connectivity index (χ0) is 16.0. The van der Waals surface area contributed by atoms with Gasteiger partial charge in [-0.05, 0) is 31.5 Å². The molecule has 0 saturated heterocycles. The lowest BCUT2D eigenvalue weighted by molar-refractivity contribution is -0.120. The molecular weight excluding hydrogens is 308 g/mol. The van der Waals surface area contributed by atoms with Gasteiger partial charge in [0.15, 0.2) is 11.5 Å². The van der Waals surface area contributed by atoms with Gasteiger partial charge in [0, 0.05) is 12.1 Å². The van der Waals surface area contributed by atoms with Gasteiger partial charge < -0.3 is 25.3 Å². The average Bonchev–Trinajstić information content (AvgIpc) is 2.43. The van der Waals surface area contributed by atoms with Crippen LogP contribution in [0.5, 0.6) is 17.2 Å². The quantitative estimate of drug-likeness (QED) is 0.791. The highest BCUT2D eigenvalue weighted by atomic mass is 35.5. The molecule has 1 aromatic rings. The summed E-state index contributed by atoms with van der Waals surface area (Å²) < 4.78 is 15.8. The van der Waals surface area contributed by atoms with Crippen LogP contribution in [0, 0.1) is 0 Å². The molecule has 7 heteroatoms. The van der Waals surface area contributed by atoms with Crippen LogP contribution < -0.4 is 25.3 Å². The van der Waals surface area contributed by atoms with E-state index in [1.807, 2.05) is 13.8 Å². The predicted octanol–water partition coefficient (Wildman–Crippen LogP) is 1.53.